The summed E-state index contributed by atoms with van der Waals surface area (Å²) < 4.78 is 7.64. The van der Waals surface area contributed by atoms with Crippen molar-refractivity contribution in [1.82, 2.24) is 0 Å². The van der Waals surface area contributed by atoms with Crippen molar-refractivity contribution in [2.75, 3.05) is 7.11 Å². The topological polar surface area (TPSA) is 9.23 Å². The molecule has 112 valence electrons. The molecule has 0 heterocycles. The second kappa shape index (κ2) is 7.03. The molecular formula is C16H14Br3ClO. The van der Waals surface area contributed by atoms with E-state index in [1.807, 2.05) is 25.1 Å². The molecule has 0 saturated heterocycles. The standard InChI is InChI=1S/C16H14Br3ClO/c1-8-6-12(18)9(2)14(16(8)21-3)15(19)11-5-4-10(17)7-13(11)20/h4-7,15H,1-3H3. The van der Waals surface area contributed by atoms with Crippen LogP contribution < -0.4 is 4.74 Å². The Morgan fingerprint density at radius 1 is 1.14 bits per heavy atom. The van der Waals surface area contributed by atoms with Crippen molar-refractivity contribution in [2.45, 2.75) is 18.7 Å². The van der Waals surface area contributed by atoms with Crippen LogP contribution in [0.25, 0.3) is 0 Å². The van der Waals surface area contributed by atoms with Crippen LogP contribution in [0.3, 0.4) is 0 Å². The Morgan fingerprint density at radius 2 is 1.81 bits per heavy atom. The first-order chi connectivity index (χ1) is 9.86. The zero-order valence-corrected chi connectivity index (χ0v) is 17.3. The lowest BCUT2D eigenvalue weighted by Crippen LogP contribution is -2.03. The van der Waals surface area contributed by atoms with E-state index in [4.69, 9.17) is 16.3 Å². The van der Waals surface area contributed by atoms with Gasteiger partial charge in [0.1, 0.15) is 5.75 Å². The fourth-order valence-electron chi connectivity index (χ4n) is 2.31. The van der Waals surface area contributed by atoms with Crippen LogP contribution >= 0.6 is 59.4 Å². The Morgan fingerprint density at radius 3 is 2.38 bits per heavy atom. The Bertz CT molecular complexity index is 686. The number of halogens is 4. The number of hydrogen-bond donors (Lipinski definition) is 0. The Labute approximate surface area is 155 Å². The highest BCUT2D eigenvalue weighted by molar-refractivity contribution is 9.11. The van der Waals surface area contributed by atoms with Gasteiger partial charge in [-0.3, -0.25) is 0 Å². The molecule has 2 aromatic carbocycles. The molecule has 1 atom stereocenters. The molecule has 0 amide bonds. The summed E-state index contributed by atoms with van der Waals surface area (Å²) in [5.41, 5.74) is 4.33. The molecule has 0 bridgehead atoms. The lowest BCUT2D eigenvalue weighted by molar-refractivity contribution is 0.406. The average molecular weight is 497 g/mol. The maximum absolute atomic E-state index is 6.39. The summed E-state index contributed by atoms with van der Waals surface area (Å²) in [7, 11) is 1.70. The van der Waals surface area contributed by atoms with E-state index in [0.29, 0.717) is 5.02 Å². The van der Waals surface area contributed by atoms with Crippen LogP contribution in [-0.2, 0) is 0 Å². The van der Waals surface area contributed by atoms with E-state index in [9.17, 15) is 0 Å². The third kappa shape index (κ3) is 3.49. The number of hydrogen-bond acceptors (Lipinski definition) is 1. The number of ether oxygens (including phenoxy) is 1. The second-order valence-electron chi connectivity index (χ2n) is 4.78. The van der Waals surface area contributed by atoms with Gasteiger partial charge in [0.25, 0.3) is 0 Å². The van der Waals surface area contributed by atoms with E-state index in [1.54, 1.807) is 7.11 Å². The first kappa shape index (κ1) is 17.3. The molecule has 1 nitrogen and oxygen atoms in total. The summed E-state index contributed by atoms with van der Waals surface area (Å²) >= 11 is 17.2. The first-order valence-corrected chi connectivity index (χ1v) is 9.17. The molecule has 0 aromatic heterocycles. The maximum atomic E-state index is 6.39. The molecule has 0 saturated carbocycles. The number of rotatable bonds is 3. The van der Waals surface area contributed by atoms with Gasteiger partial charge in [0.2, 0.25) is 0 Å². The van der Waals surface area contributed by atoms with E-state index in [-0.39, 0.29) is 4.83 Å². The molecule has 0 radical (unpaired) electrons. The van der Waals surface area contributed by atoms with E-state index in [2.05, 4.69) is 60.8 Å². The van der Waals surface area contributed by atoms with Gasteiger partial charge < -0.3 is 4.74 Å². The smallest absolute Gasteiger partial charge is 0.126 e. The van der Waals surface area contributed by atoms with Crippen molar-refractivity contribution < 1.29 is 4.74 Å². The van der Waals surface area contributed by atoms with Crippen molar-refractivity contribution >= 4 is 59.4 Å². The number of methoxy groups -OCH3 is 1. The zero-order valence-electron chi connectivity index (χ0n) is 11.8. The average Bonchev–Trinajstić information content (AvgIpc) is 2.41. The predicted molar refractivity (Wildman–Crippen MR) is 100 cm³/mol. The lowest BCUT2D eigenvalue weighted by Gasteiger charge is -2.21. The predicted octanol–water partition coefficient (Wildman–Crippen LogP) is 6.97. The monoisotopic (exact) mass is 494 g/mol. The Hall–Kier alpha value is -0.0300. The highest BCUT2D eigenvalue weighted by Gasteiger charge is 2.23. The van der Waals surface area contributed by atoms with E-state index < -0.39 is 0 Å². The zero-order chi connectivity index (χ0) is 15.7. The normalized spacial score (nSPS) is 12.3. The summed E-state index contributed by atoms with van der Waals surface area (Å²) in [6.07, 6.45) is 0. The van der Waals surface area contributed by atoms with Crippen LogP contribution in [-0.4, -0.2) is 7.11 Å². The SMILES string of the molecule is COc1c(C)cc(Br)c(C)c1C(Br)c1ccc(Br)cc1Cl. The molecule has 2 rings (SSSR count). The lowest BCUT2D eigenvalue weighted by atomic mass is 9.97. The number of aryl methyl sites for hydroxylation is 1. The number of alkyl halides is 1. The summed E-state index contributed by atoms with van der Waals surface area (Å²) in [5.74, 6) is 0.886. The van der Waals surface area contributed by atoms with Crippen LogP contribution in [0.1, 0.15) is 27.1 Å². The maximum Gasteiger partial charge on any atom is 0.126 e. The molecule has 0 N–H and O–H groups in total. The van der Waals surface area contributed by atoms with Gasteiger partial charge in [0, 0.05) is 19.5 Å². The molecule has 0 aliphatic rings. The van der Waals surface area contributed by atoms with Gasteiger partial charge in [-0.25, -0.2) is 0 Å². The summed E-state index contributed by atoms with van der Waals surface area (Å²) in [6.45, 7) is 4.11. The van der Waals surface area contributed by atoms with Crippen molar-refractivity contribution in [3.63, 3.8) is 0 Å². The van der Waals surface area contributed by atoms with E-state index >= 15 is 0 Å². The summed E-state index contributed by atoms with van der Waals surface area (Å²) in [5, 5.41) is 0.713. The third-order valence-corrected chi connectivity index (χ3v) is 6.00. The van der Waals surface area contributed by atoms with E-state index in [0.717, 1.165) is 36.9 Å². The van der Waals surface area contributed by atoms with Crippen molar-refractivity contribution in [3.8, 4) is 5.75 Å². The molecule has 21 heavy (non-hydrogen) atoms. The molecular weight excluding hydrogens is 483 g/mol. The molecule has 0 spiro atoms. The summed E-state index contributed by atoms with van der Waals surface area (Å²) in [4.78, 5) is -0.0377. The van der Waals surface area contributed by atoms with Gasteiger partial charge >= 0.3 is 0 Å². The fourth-order valence-corrected chi connectivity index (χ4v) is 4.74. The summed E-state index contributed by atoms with van der Waals surface area (Å²) in [6, 6.07) is 7.97. The van der Waals surface area contributed by atoms with Crippen molar-refractivity contribution in [3.05, 3.63) is 60.5 Å². The first-order valence-electron chi connectivity index (χ1n) is 6.29. The van der Waals surface area contributed by atoms with Gasteiger partial charge in [-0.2, -0.15) is 0 Å². The molecule has 1 unspecified atom stereocenters. The van der Waals surface area contributed by atoms with Crippen LogP contribution in [0, 0.1) is 13.8 Å². The van der Waals surface area contributed by atoms with Crippen LogP contribution in [0.15, 0.2) is 33.2 Å². The highest BCUT2D eigenvalue weighted by Crippen LogP contribution is 2.45. The van der Waals surface area contributed by atoms with Crippen molar-refractivity contribution in [2.24, 2.45) is 0 Å². The minimum absolute atomic E-state index is 0.0377. The van der Waals surface area contributed by atoms with Crippen LogP contribution in [0.4, 0.5) is 0 Å². The minimum Gasteiger partial charge on any atom is -0.496 e. The second-order valence-corrected chi connectivity index (χ2v) is 7.87. The number of benzene rings is 2. The molecule has 0 aliphatic heterocycles. The Kier molecular flexibility index (Phi) is 5.80. The third-order valence-electron chi connectivity index (χ3n) is 3.40. The molecule has 0 fully saturated rings. The largest absolute Gasteiger partial charge is 0.496 e. The fraction of sp³-hybridized carbons (Fsp3) is 0.250. The van der Waals surface area contributed by atoms with Gasteiger partial charge in [-0.1, -0.05) is 65.5 Å². The van der Waals surface area contributed by atoms with Gasteiger partial charge in [0.15, 0.2) is 0 Å². The van der Waals surface area contributed by atoms with E-state index in [1.165, 1.54) is 0 Å². The van der Waals surface area contributed by atoms with Crippen molar-refractivity contribution in [1.29, 1.82) is 0 Å². The van der Waals surface area contributed by atoms with Crippen LogP contribution in [0.5, 0.6) is 5.75 Å². The van der Waals surface area contributed by atoms with Gasteiger partial charge in [-0.05, 0) is 48.7 Å². The van der Waals surface area contributed by atoms with Crippen LogP contribution in [0.2, 0.25) is 5.02 Å². The van der Waals surface area contributed by atoms with Gasteiger partial charge in [0.05, 0.1) is 11.9 Å². The molecule has 2 aromatic rings. The minimum atomic E-state index is -0.0377. The Balaban J connectivity index is 2.65. The quantitative estimate of drug-likeness (QED) is 0.416. The highest BCUT2D eigenvalue weighted by atomic mass is 79.9. The molecule has 5 heteroatoms. The molecule has 0 aliphatic carbocycles. The van der Waals surface area contributed by atoms with Gasteiger partial charge in [-0.15, -0.1) is 0 Å².